The summed E-state index contributed by atoms with van der Waals surface area (Å²) in [6.45, 7) is 0.187. The minimum atomic E-state index is -4.18. The molecule has 0 saturated carbocycles. The lowest BCUT2D eigenvalue weighted by atomic mass is 10.6. The molecule has 0 radical (unpaired) electrons. The predicted molar refractivity (Wildman–Crippen MR) is 58.6 cm³/mol. The summed E-state index contributed by atoms with van der Waals surface area (Å²) in [5.74, 6) is 0.956. The van der Waals surface area contributed by atoms with E-state index in [-0.39, 0.29) is 24.1 Å². The van der Waals surface area contributed by atoms with E-state index in [1.165, 1.54) is 12.4 Å². The van der Waals surface area contributed by atoms with E-state index in [1.54, 1.807) is 7.05 Å². The molecule has 1 aromatic rings. The molecular formula is C8H11F3N4S. The molecule has 0 amide bonds. The number of halogens is 3. The Labute approximate surface area is 95.0 Å². The standard InChI is InChI=1S/C8H11F3N4S/c1-12-6-4-13-5-7(15-6)14-2-3-16-8(9,10)11/h4-5H,2-3H2,1H3,(H2,12,14,15). The van der Waals surface area contributed by atoms with Gasteiger partial charge in [-0.3, -0.25) is 4.98 Å². The largest absolute Gasteiger partial charge is 0.441 e. The van der Waals surface area contributed by atoms with Crippen molar-refractivity contribution in [2.75, 3.05) is 30.0 Å². The Kier molecular flexibility index (Phi) is 4.66. The minimum Gasteiger partial charge on any atom is -0.372 e. The Morgan fingerprint density at radius 1 is 1.31 bits per heavy atom. The van der Waals surface area contributed by atoms with Crippen LogP contribution in [0.5, 0.6) is 0 Å². The Bertz CT molecular complexity index is 331. The number of hydrogen-bond acceptors (Lipinski definition) is 5. The highest BCUT2D eigenvalue weighted by atomic mass is 32.2. The zero-order chi connectivity index (χ0) is 12.0. The van der Waals surface area contributed by atoms with Crippen molar-refractivity contribution in [3.8, 4) is 0 Å². The third kappa shape index (κ3) is 5.06. The molecule has 1 rings (SSSR count). The second-order valence-corrected chi connectivity index (χ2v) is 3.92. The fraction of sp³-hybridized carbons (Fsp3) is 0.500. The van der Waals surface area contributed by atoms with Gasteiger partial charge in [0, 0.05) is 19.3 Å². The number of anilines is 2. The van der Waals surface area contributed by atoms with Crippen LogP contribution in [0, 0.1) is 0 Å². The quantitative estimate of drug-likeness (QED) is 0.787. The van der Waals surface area contributed by atoms with E-state index < -0.39 is 5.51 Å². The maximum atomic E-state index is 11.8. The summed E-state index contributed by atoms with van der Waals surface area (Å²) < 4.78 is 35.4. The Morgan fingerprint density at radius 2 is 2.00 bits per heavy atom. The van der Waals surface area contributed by atoms with Crippen molar-refractivity contribution in [3.63, 3.8) is 0 Å². The summed E-state index contributed by atoms with van der Waals surface area (Å²) in [4.78, 5) is 7.92. The number of rotatable bonds is 5. The molecule has 90 valence electrons. The summed E-state index contributed by atoms with van der Waals surface area (Å²) in [5.41, 5.74) is -4.18. The fourth-order valence-electron chi connectivity index (χ4n) is 0.917. The molecule has 0 aliphatic carbocycles. The third-order valence-electron chi connectivity index (χ3n) is 1.56. The lowest BCUT2D eigenvalue weighted by molar-refractivity contribution is -0.0327. The van der Waals surface area contributed by atoms with Crippen LogP contribution in [0.15, 0.2) is 12.4 Å². The van der Waals surface area contributed by atoms with Crippen LogP contribution in [0.1, 0.15) is 0 Å². The number of alkyl halides is 3. The monoisotopic (exact) mass is 252 g/mol. The summed E-state index contributed by atoms with van der Waals surface area (Å²) >= 11 is -0.0635. The van der Waals surface area contributed by atoms with Crippen LogP contribution >= 0.6 is 11.8 Å². The fourth-order valence-corrected chi connectivity index (χ4v) is 1.35. The highest BCUT2D eigenvalue weighted by molar-refractivity contribution is 8.00. The van der Waals surface area contributed by atoms with Gasteiger partial charge in [-0.25, -0.2) is 4.98 Å². The van der Waals surface area contributed by atoms with Gasteiger partial charge in [0.1, 0.15) is 11.6 Å². The van der Waals surface area contributed by atoms with Gasteiger partial charge in [0.05, 0.1) is 12.4 Å². The highest BCUT2D eigenvalue weighted by Crippen LogP contribution is 2.29. The van der Waals surface area contributed by atoms with E-state index in [4.69, 9.17) is 0 Å². The predicted octanol–water partition coefficient (Wildman–Crippen LogP) is 2.18. The van der Waals surface area contributed by atoms with E-state index in [0.717, 1.165) is 0 Å². The van der Waals surface area contributed by atoms with E-state index in [1.807, 2.05) is 0 Å². The van der Waals surface area contributed by atoms with Crippen LogP contribution in [0.3, 0.4) is 0 Å². The Balaban J connectivity index is 2.32. The summed E-state index contributed by atoms with van der Waals surface area (Å²) in [6, 6.07) is 0. The SMILES string of the molecule is CNc1cncc(NCCSC(F)(F)F)n1. The van der Waals surface area contributed by atoms with E-state index in [0.29, 0.717) is 11.6 Å². The smallest absolute Gasteiger partial charge is 0.372 e. The summed E-state index contributed by atoms with van der Waals surface area (Å²) in [5, 5.41) is 5.54. The zero-order valence-electron chi connectivity index (χ0n) is 8.51. The molecule has 0 bridgehead atoms. The lowest BCUT2D eigenvalue weighted by Gasteiger charge is -2.07. The van der Waals surface area contributed by atoms with Crippen molar-refractivity contribution >= 4 is 23.4 Å². The van der Waals surface area contributed by atoms with Crippen molar-refractivity contribution in [1.29, 1.82) is 0 Å². The molecule has 0 unspecified atom stereocenters. The summed E-state index contributed by atoms with van der Waals surface area (Å²) in [7, 11) is 1.69. The van der Waals surface area contributed by atoms with Crippen molar-refractivity contribution in [2.45, 2.75) is 5.51 Å². The highest BCUT2D eigenvalue weighted by Gasteiger charge is 2.27. The van der Waals surface area contributed by atoms with Gasteiger partial charge in [-0.2, -0.15) is 13.2 Å². The van der Waals surface area contributed by atoms with Gasteiger partial charge in [0.15, 0.2) is 0 Å². The molecule has 4 nitrogen and oxygen atoms in total. The minimum absolute atomic E-state index is 0.0606. The molecule has 1 aromatic heterocycles. The molecule has 1 heterocycles. The zero-order valence-corrected chi connectivity index (χ0v) is 9.32. The van der Waals surface area contributed by atoms with Gasteiger partial charge in [0.2, 0.25) is 0 Å². The maximum Gasteiger partial charge on any atom is 0.441 e. The molecule has 0 aliphatic rings. The average molecular weight is 252 g/mol. The van der Waals surface area contributed by atoms with E-state index in [2.05, 4.69) is 20.6 Å². The molecule has 0 spiro atoms. The second kappa shape index (κ2) is 5.78. The van der Waals surface area contributed by atoms with Gasteiger partial charge in [0.25, 0.3) is 0 Å². The molecular weight excluding hydrogens is 241 g/mol. The molecule has 8 heteroatoms. The molecule has 0 atom stereocenters. The molecule has 0 aromatic carbocycles. The first kappa shape index (κ1) is 12.9. The van der Waals surface area contributed by atoms with Crippen LogP contribution in [0.4, 0.5) is 24.8 Å². The van der Waals surface area contributed by atoms with Crippen molar-refractivity contribution in [2.24, 2.45) is 0 Å². The third-order valence-corrected chi connectivity index (χ3v) is 2.30. The van der Waals surface area contributed by atoms with Crippen LogP contribution in [-0.4, -0.2) is 34.8 Å². The normalized spacial score (nSPS) is 11.2. The van der Waals surface area contributed by atoms with Crippen molar-refractivity contribution < 1.29 is 13.2 Å². The van der Waals surface area contributed by atoms with Crippen LogP contribution < -0.4 is 10.6 Å². The van der Waals surface area contributed by atoms with Crippen LogP contribution in [0.25, 0.3) is 0 Å². The first-order valence-electron chi connectivity index (χ1n) is 4.45. The number of nitrogens with one attached hydrogen (secondary N) is 2. The summed E-state index contributed by atoms with van der Waals surface area (Å²) in [6.07, 6.45) is 2.98. The Hall–Kier alpha value is -1.18. The first-order chi connectivity index (χ1) is 7.51. The van der Waals surface area contributed by atoms with Crippen LogP contribution in [0.2, 0.25) is 0 Å². The molecule has 16 heavy (non-hydrogen) atoms. The van der Waals surface area contributed by atoms with Crippen molar-refractivity contribution in [3.05, 3.63) is 12.4 Å². The number of hydrogen-bond donors (Lipinski definition) is 2. The van der Waals surface area contributed by atoms with E-state index >= 15 is 0 Å². The molecule has 0 aliphatic heterocycles. The first-order valence-corrected chi connectivity index (χ1v) is 5.44. The number of aromatic nitrogens is 2. The molecule has 0 fully saturated rings. The molecule has 0 saturated heterocycles. The number of thioether (sulfide) groups is 1. The number of nitrogens with zero attached hydrogens (tertiary/aromatic N) is 2. The van der Waals surface area contributed by atoms with Gasteiger partial charge in [-0.05, 0) is 11.8 Å². The Morgan fingerprint density at radius 3 is 2.62 bits per heavy atom. The van der Waals surface area contributed by atoms with Crippen LogP contribution in [-0.2, 0) is 0 Å². The lowest BCUT2D eigenvalue weighted by Crippen LogP contribution is -2.10. The van der Waals surface area contributed by atoms with Gasteiger partial charge in [-0.1, -0.05) is 0 Å². The molecule has 2 N–H and O–H groups in total. The maximum absolute atomic E-state index is 11.8. The van der Waals surface area contributed by atoms with E-state index in [9.17, 15) is 13.2 Å². The van der Waals surface area contributed by atoms with Gasteiger partial charge < -0.3 is 10.6 Å². The second-order valence-electron chi connectivity index (χ2n) is 2.76. The van der Waals surface area contributed by atoms with Gasteiger partial charge >= 0.3 is 5.51 Å². The van der Waals surface area contributed by atoms with Gasteiger partial charge in [-0.15, -0.1) is 0 Å². The van der Waals surface area contributed by atoms with Crippen molar-refractivity contribution in [1.82, 2.24) is 9.97 Å². The average Bonchev–Trinajstić information content (AvgIpc) is 2.23. The topological polar surface area (TPSA) is 49.8 Å².